The second-order valence-electron chi connectivity index (χ2n) is 7.45. The number of likely N-dealkylation sites (tertiary alicyclic amines) is 2. The van der Waals surface area contributed by atoms with Gasteiger partial charge in [-0.3, -0.25) is 14.5 Å². The third kappa shape index (κ3) is 4.81. The zero-order chi connectivity index (χ0) is 18.5. The number of carbonyl (C=O) groups is 2. The highest BCUT2D eigenvalue weighted by Gasteiger charge is 2.29. The summed E-state index contributed by atoms with van der Waals surface area (Å²) in [7, 11) is 0. The number of halogens is 1. The molecule has 0 unspecified atom stereocenters. The number of hydrogen-bond acceptors (Lipinski definition) is 3. The second-order valence-corrected chi connectivity index (χ2v) is 7.45. The maximum Gasteiger partial charge on any atom is 0.223 e. The van der Waals surface area contributed by atoms with Crippen LogP contribution in [0.15, 0.2) is 24.3 Å². The van der Waals surface area contributed by atoms with E-state index in [4.69, 9.17) is 0 Å². The van der Waals surface area contributed by atoms with E-state index in [1.54, 1.807) is 17.9 Å². The first-order valence-electron chi connectivity index (χ1n) is 9.54. The summed E-state index contributed by atoms with van der Waals surface area (Å²) in [6.45, 7) is 5.17. The van der Waals surface area contributed by atoms with Crippen LogP contribution in [-0.2, 0) is 16.1 Å². The van der Waals surface area contributed by atoms with E-state index in [-0.39, 0.29) is 29.6 Å². The van der Waals surface area contributed by atoms with E-state index in [1.807, 2.05) is 12.1 Å². The smallest absolute Gasteiger partial charge is 0.223 e. The van der Waals surface area contributed by atoms with Crippen LogP contribution in [0.25, 0.3) is 0 Å². The number of rotatable bonds is 4. The lowest BCUT2D eigenvalue weighted by atomic mass is 9.95. The van der Waals surface area contributed by atoms with Crippen molar-refractivity contribution in [3.63, 3.8) is 0 Å². The van der Waals surface area contributed by atoms with Gasteiger partial charge in [0, 0.05) is 50.6 Å². The Bertz CT molecular complexity index is 644. The highest BCUT2D eigenvalue weighted by Crippen LogP contribution is 2.20. The van der Waals surface area contributed by atoms with Gasteiger partial charge in [0.25, 0.3) is 0 Å². The van der Waals surface area contributed by atoms with Crippen molar-refractivity contribution in [1.29, 1.82) is 0 Å². The van der Waals surface area contributed by atoms with Gasteiger partial charge in [-0.1, -0.05) is 18.2 Å². The Balaban J connectivity index is 1.48. The van der Waals surface area contributed by atoms with Crippen LogP contribution in [0, 0.1) is 11.7 Å². The maximum absolute atomic E-state index is 13.9. The van der Waals surface area contributed by atoms with E-state index in [1.165, 1.54) is 6.07 Å². The quantitative estimate of drug-likeness (QED) is 0.894. The molecule has 2 heterocycles. The zero-order valence-corrected chi connectivity index (χ0v) is 15.4. The molecule has 0 bridgehead atoms. The third-order valence-electron chi connectivity index (χ3n) is 5.51. The Hall–Kier alpha value is -1.95. The molecule has 2 amide bonds. The second kappa shape index (κ2) is 8.62. The van der Waals surface area contributed by atoms with Crippen LogP contribution < -0.4 is 5.32 Å². The van der Waals surface area contributed by atoms with Gasteiger partial charge in [0.05, 0.1) is 0 Å². The highest BCUT2D eigenvalue weighted by molar-refractivity contribution is 5.79. The monoisotopic (exact) mass is 361 g/mol. The van der Waals surface area contributed by atoms with Crippen LogP contribution in [0.1, 0.15) is 38.2 Å². The lowest BCUT2D eigenvalue weighted by Crippen LogP contribution is -2.50. The molecule has 1 N–H and O–H groups in total. The van der Waals surface area contributed by atoms with Crippen LogP contribution in [0.2, 0.25) is 0 Å². The van der Waals surface area contributed by atoms with Gasteiger partial charge in [0.15, 0.2) is 0 Å². The number of amides is 2. The van der Waals surface area contributed by atoms with Crippen molar-refractivity contribution in [2.75, 3.05) is 26.2 Å². The number of hydrogen-bond donors (Lipinski definition) is 1. The normalized spacial score (nSPS) is 22.2. The highest BCUT2D eigenvalue weighted by atomic mass is 19.1. The summed E-state index contributed by atoms with van der Waals surface area (Å²) in [4.78, 5) is 28.0. The van der Waals surface area contributed by atoms with Crippen LogP contribution in [0.5, 0.6) is 0 Å². The molecule has 1 aromatic rings. The van der Waals surface area contributed by atoms with E-state index >= 15 is 0 Å². The molecule has 6 heteroatoms. The van der Waals surface area contributed by atoms with Crippen molar-refractivity contribution in [3.05, 3.63) is 35.6 Å². The minimum absolute atomic E-state index is 0.00690. The Kier molecular flexibility index (Phi) is 6.25. The first-order valence-corrected chi connectivity index (χ1v) is 9.54. The molecule has 2 aliphatic rings. The minimum Gasteiger partial charge on any atom is -0.352 e. The molecule has 142 valence electrons. The fourth-order valence-electron chi connectivity index (χ4n) is 3.96. The van der Waals surface area contributed by atoms with Crippen molar-refractivity contribution < 1.29 is 14.0 Å². The Morgan fingerprint density at radius 3 is 2.58 bits per heavy atom. The van der Waals surface area contributed by atoms with E-state index in [0.29, 0.717) is 25.2 Å². The molecule has 3 rings (SSSR count). The molecule has 0 radical (unpaired) electrons. The van der Waals surface area contributed by atoms with Gasteiger partial charge < -0.3 is 10.2 Å². The van der Waals surface area contributed by atoms with Gasteiger partial charge in [0.1, 0.15) is 5.82 Å². The molecule has 0 aliphatic carbocycles. The maximum atomic E-state index is 13.9. The Labute approximate surface area is 154 Å². The van der Waals surface area contributed by atoms with Crippen molar-refractivity contribution >= 4 is 11.8 Å². The fourth-order valence-corrected chi connectivity index (χ4v) is 3.96. The number of nitrogens with zero attached hydrogens (tertiary/aromatic N) is 2. The molecule has 2 saturated heterocycles. The summed E-state index contributed by atoms with van der Waals surface area (Å²) in [6.07, 6.45) is 3.43. The van der Waals surface area contributed by atoms with Crippen LogP contribution in [0.3, 0.4) is 0 Å². The van der Waals surface area contributed by atoms with Crippen LogP contribution >= 0.6 is 0 Å². The standard InChI is InChI=1S/C20H28FN3O2/c1-15(25)24-11-8-16(9-12-24)20(26)22-18-6-4-10-23(14-18)13-17-5-2-3-7-19(17)21/h2-3,5,7,16,18H,4,6,8-14H2,1H3,(H,22,26)/t18-/m1/s1. The number of benzene rings is 1. The summed E-state index contributed by atoms with van der Waals surface area (Å²) in [5.41, 5.74) is 0.705. The predicted octanol–water partition coefficient (Wildman–Crippen LogP) is 2.16. The minimum atomic E-state index is -0.170. The lowest BCUT2D eigenvalue weighted by Gasteiger charge is -2.35. The third-order valence-corrected chi connectivity index (χ3v) is 5.51. The van der Waals surface area contributed by atoms with Gasteiger partial charge in [-0.2, -0.15) is 0 Å². The molecule has 5 nitrogen and oxygen atoms in total. The fraction of sp³-hybridized carbons (Fsp3) is 0.600. The summed E-state index contributed by atoms with van der Waals surface area (Å²) >= 11 is 0. The van der Waals surface area contributed by atoms with E-state index in [9.17, 15) is 14.0 Å². The van der Waals surface area contributed by atoms with Crippen molar-refractivity contribution in [2.45, 2.75) is 45.2 Å². The molecule has 1 aromatic carbocycles. The first-order chi connectivity index (χ1) is 12.5. The predicted molar refractivity (Wildman–Crippen MR) is 97.8 cm³/mol. The first kappa shape index (κ1) is 18.8. The summed E-state index contributed by atoms with van der Waals surface area (Å²) in [6, 6.07) is 6.99. The summed E-state index contributed by atoms with van der Waals surface area (Å²) in [5.74, 6) is 0.00861. The summed E-state index contributed by atoms with van der Waals surface area (Å²) in [5, 5.41) is 3.19. The lowest BCUT2D eigenvalue weighted by molar-refractivity contribution is -0.134. The zero-order valence-electron chi connectivity index (χ0n) is 15.4. The number of nitrogens with one attached hydrogen (secondary N) is 1. The van der Waals surface area contributed by atoms with Gasteiger partial charge in [-0.15, -0.1) is 0 Å². The van der Waals surface area contributed by atoms with Crippen molar-refractivity contribution in [1.82, 2.24) is 15.1 Å². The molecule has 0 aromatic heterocycles. The largest absolute Gasteiger partial charge is 0.352 e. The molecular formula is C20H28FN3O2. The molecule has 26 heavy (non-hydrogen) atoms. The van der Waals surface area contributed by atoms with E-state index < -0.39 is 0 Å². The average molecular weight is 361 g/mol. The molecule has 2 aliphatic heterocycles. The van der Waals surface area contributed by atoms with Gasteiger partial charge in [-0.05, 0) is 38.3 Å². The van der Waals surface area contributed by atoms with E-state index in [0.717, 1.165) is 38.8 Å². The van der Waals surface area contributed by atoms with Crippen LogP contribution in [-0.4, -0.2) is 53.8 Å². The average Bonchev–Trinajstić information content (AvgIpc) is 2.64. The number of carbonyl (C=O) groups excluding carboxylic acids is 2. The molecular weight excluding hydrogens is 333 g/mol. The topological polar surface area (TPSA) is 52.7 Å². The number of piperidine rings is 2. The van der Waals surface area contributed by atoms with Crippen molar-refractivity contribution in [3.8, 4) is 0 Å². The molecule has 0 saturated carbocycles. The molecule has 0 spiro atoms. The summed E-state index contributed by atoms with van der Waals surface area (Å²) < 4.78 is 13.9. The van der Waals surface area contributed by atoms with E-state index in [2.05, 4.69) is 10.2 Å². The van der Waals surface area contributed by atoms with Gasteiger partial charge in [0.2, 0.25) is 11.8 Å². The molecule has 2 fully saturated rings. The van der Waals surface area contributed by atoms with Crippen molar-refractivity contribution in [2.24, 2.45) is 5.92 Å². The SMILES string of the molecule is CC(=O)N1CCC(C(=O)N[C@@H]2CCCN(Cc3ccccc3F)C2)CC1. The Morgan fingerprint density at radius 1 is 1.15 bits per heavy atom. The van der Waals surface area contributed by atoms with Gasteiger partial charge in [-0.25, -0.2) is 4.39 Å². The molecule has 1 atom stereocenters. The Morgan fingerprint density at radius 2 is 1.88 bits per heavy atom. The van der Waals surface area contributed by atoms with Gasteiger partial charge >= 0.3 is 0 Å². The van der Waals surface area contributed by atoms with Crippen LogP contribution in [0.4, 0.5) is 4.39 Å².